The normalized spacial score (nSPS) is 13.0. The van der Waals surface area contributed by atoms with Gasteiger partial charge in [-0.15, -0.1) is 0 Å². The van der Waals surface area contributed by atoms with Gasteiger partial charge in [-0.05, 0) is 58.7 Å². The molecule has 1 aliphatic heterocycles. The quantitative estimate of drug-likeness (QED) is 0.702. The van der Waals surface area contributed by atoms with Crippen LogP contribution in [0.3, 0.4) is 0 Å². The van der Waals surface area contributed by atoms with Crippen molar-refractivity contribution in [2.45, 2.75) is 19.6 Å². The Balaban J connectivity index is 1.54. The summed E-state index contributed by atoms with van der Waals surface area (Å²) in [6.07, 6.45) is -0.938. The van der Waals surface area contributed by atoms with Crippen LogP contribution in [0.2, 0.25) is 0 Å². The Bertz CT molecular complexity index is 869. The summed E-state index contributed by atoms with van der Waals surface area (Å²) in [7, 11) is 1.53. The molecule has 0 bridgehead atoms. The van der Waals surface area contributed by atoms with E-state index in [4.69, 9.17) is 18.9 Å². The Morgan fingerprint density at radius 3 is 2.70 bits per heavy atom. The molecule has 0 aromatic heterocycles. The van der Waals surface area contributed by atoms with Crippen molar-refractivity contribution in [2.24, 2.45) is 0 Å². The van der Waals surface area contributed by atoms with E-state index in [2.05, 4.69) is 21.2 Å². The third-order valence-electron chi connectivity index (χ3n) is 3.94. The van der Waals surface area contributed by atoms with Crippen LogP contribution >= 0.6 is 15.9 Å². The van der Waals surface area contributed by atoms with E-state index in [1.165, 1.54) is 14.0 Å². The van der Waals surface area contributed by atoms with Crippen molar-refractivity contribution in [3.63, 3.8) is 0 Å². The topological polar surface area (TPSA) is 83.1 Å². The van der Waals surface area contributed by atoms with Crippen molar-refractivity contribution in [1.29, 1.82) is 0 Å². The summed E-state index contributed by atoms with van der Waals surface area (Å²) in [5, 5.41) is 2.73. The van der Waals surface area contributed by atoms with E-state index in [0.717, 1.165) is 5.56 Å². The fraction of sp³-hybridized carbons (Fsp3) is 0.263. The highest BCUT2D eigenvalue weighted by Crippen LogP contribution is 2.32. The predicted octanol–water partition coefficient (Wildman–Crippen LogP) is 3.05. The average Bonchev–Trinajstić information content (AvgIpc) is 3.13. The molecule has 0 radical (unpaired) electrons. The number of esters is 1. The number of carbonyl (C=O) groups is 2. The second kappa shape index (κ2) is 8.30. The van der Waals surface area contributed by atoms with Gasteiger partial charge in [0, 0.05) is 6.54 Å². The lowest BCUT2D eigenvalue weighted by atomic mass is 10.2. The largest absolute Gasteiger partial charge is 0.496 e. The molecule has 3 rings (SSSR count). The Morgan fingerprint density at radius 1 is 1.19 bits per heavy atom. The second-order valence-electron chi connectivity index (χ2n) is 5.80. The molecule has 7 nitrogen and oxygen atoms in total. The molecule has 1 aliphatic rings. The van der Waals surface area contributed by atoms with Crippen LogP contribution in [0.1, 0.15) is 22.8 Å². The summed E-state index contributed by atoms with van der Waals surface area (Å²) < 4.78 is 21.5. The Labute approximate surface area is 164 Å². The molecule has 0 saturated heterocycles. The number of amides is 1. The van der Waals surface area contributed by atoms with Crippen LogP contribution in [0.25, 0.3) is 0 Å². The number of ether oxygens (including phenoxy) is 4. The number of benzene rings is 2. The number of methoxy groups -OCH3 is 1. The molecule has 2 aromatic carbocycles. The summed E-state index contributed by atoms with van der Waals surface area (Å²) in [6, 6.07) is 10.2. The SMILES string of the molecule is COc1ccc(C(=O)O[C@@H](C)C(=O)NCc2ccc3c(c2)OCO3)cc1Br. The van der Waals surface area contributed by atoms with Gasteiger partial charge in [0.25, 0.3) is 5.91 Å². The number of halogens is 1. The maximum absolute atomic E-state index is 12.2. The summed E-state index contributed by atoms with van der Waals surface area (Å²) in [5.41, 5.74) is 1.17. The highest BCUT2D eigenvalue weighted by atomic mass is 79.9. The zero-order chi connectivity index (χ0) is 19.4. The van der Waals surface area contributed by atoms with Gasteiger partial charge < -0.3 is 24.3 Å². The second-order valence-corrected chi connectivity index (χ2v) is 6.66. The van der Waals surface area contributed by atoms with Crippen molar-refractivity contribution in [1.82, 2.24) is 5.32 Å². The van der Waals surface area contributed by atoms with Gasteiger partial charge in [0.15, 0.2) is 17.6 Å². The van der Waals surface area contributed by atoms with E-state index < -0.39 is 18.0 Å². The van der Waals surface area contributed by atoms with E-state index in [0.29, 0.717) is 27.3 Å². The molecule has 142 valence electrons. The van der Waals surface area contributed by atoms with Crippen LogP contribution in [0, 0.1) is 0 Å². The van der Waals surface area contributed by atoms with Crippen molar-refractivity contribution in [3.05, 3.63) is 52.0 Å². The van der Waals surface area contributed by atoms with Gasteiger partial charge in [0.1, 0.15) is 5.75 Å². The first-order chi connectivity index (χ1) is 13.0. The lowest BCUT2D eigenvalue weighted by Gasteiger charge is -2.14. The molecule has 1 N–H and O–H groups in total. The fourth-order valence-corrected chi connectivity index (χ4v) is 3.00. The van der Waals surface area contributed by atoms with Crippen LogP contribution in [0.15, 0.2) is 40.9 Å². The third kappa shape index (κ3) is 4.51. The standard InChI is InChI=1S/C19H18BrNO6/c1-11(27-19(23)13-4-6-15(24-2)14(20)8-13)18(22)21-9-12-3-5-16-17(7-12)26-10-25-16/h3-8,11H,9-10H2,1-2H3,(H,21,22)/t11-/m0/s1. The maximum Gasteiger partial charge on any atom is 0.338 e. The Kier molecular flexibility index (Phi) is 5.85. The monoisotopic (exact) mass is 435 g/mol. The van der Waals surface area contributed by atoms with E-state index in [1.54, 1.807) is 30.3 Å². The maximum atomic E-state index is 12.2. The molecule has 1 atom stereocenters. The van der Waals surface area contributed by atoms with Crippen LogP contribution in [-0.2, 0) is 16.1 Å². The Morgan fingerprint density at radius 2 is 1.96 bits per heavy atom. The van der Waals surface area contributed by atoms with Crippen molar-refractivity contribution in [2.75, 3.05) is 13.9 Å². The minimum atomic E-state index is -0.938. The zero-order valence-electron chi connectivity index (χ0n) is 14.8. The predicted molar refractivity (Wildman–Crippen MR) is 100.0 cm³/mol. The van der Waals surface area contributed by atoms with E-state index >= 15 is 0 Å². The first-order valence-corrected chi connectivity index (χ1v) is 8.98. The molecular formula is C19H18BrNO6. The van der Waals surface area contributed by atoms with Gasteiger partial charge in [-0.1, -0.05) is 6.07 Å². The molecule has 0 saturated carbocycles. The molecule has 27 heavy (non-hydrogen) atoms. The smallest absolute Gasteiger partial charge is 0.338 e. The van der Waals surface area contributed by atoms with Crippen LogP contribution in [0.4, 0.5) is 0 Å². The molecule has 2 aromatic rings. The number of hydrogen-bond acceptors (Lipinski definition) is 6. The fourth-order valence-electron chi connectivity index (χ4n) is 2.46. The third-order valence-corrected chi connectivity index (χ3v) is 4.56. The molecular weight excluding hydrogens is 418 g/mol. The van der Waals surface area contributed by atoms with Crippen molar-refractivity contribution < 1.29 is 28.5 Å². The van der Waals surface area contributed by atoms with Crippen LogP contribution in [-0.4, -0.2) is 31.9 Å². The summed E-state index contributed by atoms with van der Waals surface area (Å²) in [4.78, 5) is 24.4. The number of fused-ring (bicyclic) bond motifs is 1. The molecule has 0 spiro atoms. The van der Waals surface area contributed by atoms with Crippen LogP contribution in [0.5, 0.6) is 17.2 Å². The summed E-state index contributed by atoms with van der Waals surface area (Å²) >= 11 is 3.31. The molecule has 8 heteroatoms. The van der Waals surface area contributed by atoms with Crippen molar-refractivity contribution >= 4 is 27.8 Å². The van der Waals surface area contributed by atoms with Gasteiger partial charge in [0.2, 0.25) is 6.79 Å². The van der Waals surface area contributed by atoms with E-state index in [-0.39, 0.29) is 13.3 Å². The number of rotatable bonds is 6. The molecule has 1 amide bonds. The minimum absolute atomic E-state index is 0.194. The van der Waals surface area contributed by atoms with Gasteiger partial charge in [0.05, 0.1) is 17.1 Å². The van der Waals surface area contributed by atoms with Crippen LogP contribution < -0.4 is 19.5 Å². The molecule has 0 aliphatic carbocycles. The Hall–Kier alpha value is -2.74. The highest BCUT2D eigenvalue weighted by Gasteiger charge is 2.20. The number of nitrogens with one attached hydrogen (secondary N) is 1. The average molecular weight is 436 g/mol. The van der Waals surface area contributed by atoms with Gasteiger partial charge in [-0.2, -0.15) is 0 Å². The highest BCUT2D eigenvalue weighted by molar-refractivity contribution is 9.10. The van der Waals surface area contributed by atoms with E-state index in [9.17, 15) is 9.59 Å². The lowest BCUT2D eigenvalue weighted by Crippen LogP contribution is -2.35. The number of carbonyl (C=O) groups excluding carboxylic acids is 2. The van der Waals surface area contributed by atoms with E-state index in [1.807, 2.05) is 6.07 Å². The zero-order valence-corrected chi connectivity index (χ0v) is 16.4. The molecule has 0 fully saturated rings. The first-order valence-electron chi connectivity index (χ1n) is 8.18. The van der Waals surface area contributed by atoms with Crippen molar-refractivity contribution in [3.8, 4) is 17.2 Å². The number of hydrogen-bond donors (Lipinski definition) is 1. The lowest BCUT2D eigenvalue weighted by molar-refractivity contribution is -0.129. The van der Waals surface area contributed by atoms with Gasteiger partial charge in [-0.25, -0.2) is 4.79 Å². The first kappa shape index (κ1) is 19.0. The summed E-state index contributed by atoms with van der Waals surface area (Å²) in [6.45, 7) is 2.00. The van der Waals surface area contributed by atoms with Gasteiger partial charge >= 0.3 is 5.97 Å². The molecule has 0 unspecified atom stereocenters. The van der Waals surface area contributed by atoms with Gasteiger partial charge in [-0.3, -0.25) is 4.79 Å². The summed E-state index contributed by atoms with van der Waals surface area (Å²) in [5.74, 6) is 0.933. The minimum Gasteiger partial charge on any atom is -0.496 e. The molecule has 1 heterocycles.